The van der Waals surface area contributed by atoms with Crippen molar-refractivity contribution < 1.29 is 42.4 Å². The van der Waals surface area contributed by atoms with Gasteiger partial charge in [-0.1, -0.05) is 60.7 Å². The number of fused-ring (bicyclic) bond motifs is 3. The van der Waals surface area contributed by atoms with Crippen molar-refractivity contribution in [3.63, 3.8) is 0 Å². The summed E-state index contributed by atoms with van der Waals surface area (Å²) in [5.41, 5.74) is 4.78. The van der Waals surface area contributed by atoms with E-state index in [-0.39, 0.29) is 37.1 Å². The molecule has 5 rings (SSSR count). The molecule has 0 saturated carbocycles. The van der Waals surface area contributed by atoms with Crippen molar-refractivity contribution in [1.82, 2.24) is 10.4 Å². The van der Waals surface area contributed by atoms with Crippen LogP contribution in [0.5, 0.6) is 5.75 Å². The zero-order valence-electron chi connectivity index (χ0n) is 23.4. The molecule has 1 heterocycles. The fourth-order valence-electron chi connectivity index (χ4n) is 4.87. The van der Waals surface area contributed by atoms with Gasteiger partial charge in [-0.2, -0.15) is 0 Å². The zero-order chi connectivity index (χ0) is 31.3. The fourth-order valence-corrected chi connectivity index (χ4v) is 5.84. The Labute approximate surface area is 251 Å². The summed E-state index contributed by atoms with van der Waals surface area (Å²) in [6, 6.07) is 23.0. The average Bonchev–Trinajstić information content (AvgIpc) is 3.63. The Morgan fingerprint density at radius 1 is 1.00 bits per heavy atom. The molecule has 2 atom stereocenters. The van der Waals surface area contributed by atoms with Crippen LogP contribution >= 0.6 is 7.75 Å². The number of aliphatic carboxylic acids is 1. The number of nitrogens with zero attached hydrogens (tertiary/aromatic N) is 1. The summed E-state index contributed by atoms with van der Waals surface area (Å²) in [7, 11) is -2.53. The molecule has 2 unspecified atom stereocenters. The summed E-state index contributed by atoms with van der Waals surface area (Å²) >= 11 is 0. The average molecular weight is 622 g/mol. The van der Waals surface area contributed by atoms with E-state index in [1.165, 1.54) is 25.2 Å². The molecule has 14 heteroatoms. The smallest absolute Gasteiger partial charge is 0.458 e. The number of amides is 1. The van der Waals surface area contributed by atoms with Crippen molar-refractivity contribution in [3.8, 4) is 16.9 Å². The Kier molecular flexibility index (Phi) is 9.09. The monoisotopic (exact) mass is 621 g/mol. The second-order valence-corrected chi connectivity index (χ2v) is 11.7. The van der Waals surface area contributed by atoms with Crippen LogP contribution in [0.4, 0.5) is 10.7 Å². The number of benzene rings is 3. The minimum Gasteiger partial charge on any atom is -0.480 e. The van der Waals surface area contributed by atoms with Gasteiger partial charge in [0.05, 0.1) is 6.07 Å². The molecule has 0 bridgehead atoms. The van der Waals surface area contributed by atoms with E-state index in [1.807, 2.05) is 48.5 Å². The van der Waals surface area contributed by atoms with E-state index in [2.05, 4.69) is 10.4 Å². The van der Waals surface area contributed by atoms with Crippen LogP contribution in [-0.2, 0) is 31.6 Å². The van der Waals surface area contributed by atoms with Crippen molar-refractivity contribution >= 4 is 25.7 Å². The lowest BCUT2D eigenvalue weighted by molar-refractivity contribution is -0.402. The number of rotatable bonds is 13. The predicted molar refractivity (Wildman–Crippen MR) is 157 cm³/mol. The van der Waals surface area contributed by atoms with Gasteiger partial charge < -0.3 is 24.1 Å². The fraction of sp³-hybridized carbons (Fsp3) is 0.200. The van der Waals surface area contributed by atoms with Gasteiger partial charge in [0.25, 0.3) is 0 Å². The summed E-state index contributed by atoms with van der Waals surface area (Å²) in [4.78, 5) is 34.7. The minimum atomic E-state index is -3.88. The number of nitro groups is 1. The number of hydrogen-bond acceptors (Lipinski definition) is 9. The number of alkyl carbamates (subject to hydrolysis) is 1. The van der Waals surface area contributed by atoms with Crippen molar-refractivity contribution in [3.05, 3.63) is 117 Å². The standard InChI is InChI=1S/C30H28N3O10P/c1-31-44(39,41-17-21-14-15-28(42-21)33(37)38)43-20-12-10-19(11-13-20)16-27(29(34)35)32-30(36)40-18-26-24-8-4-2-6-22(24)23-7-3-5-9-25(23)26/h2-15,26-27H,16-18H2,1H3,(H,31,39)(H,32,36)(H,34,35). The van der Waals surface area contributed by atoms with Crippen LogP contribution in [0.15, 0.2) is 89.3 Å². The topological polar surface area (TPSA) is 179 Å². The van der Waals surface area contributed by atoms with Crippen molar-refractivity contribution in [2.75, 3.05) is 13.7 Å². The molecule has 0 fully saturated rings. The van der Waals surface area contributed by atoms with E-state index in [0.717, 1.165) is 28.3 Å². The quantitative estimate of drug-likeness (QED) is 0.0954. The largest absolute Gasteiger partial charge is 0.480 e. The van der Waals surface area contributed by atoms with Crippen LogP contribution in [0.2, 0.25) is 0 Å². The SMILES string of the molecule is CNP(=O)(OCc1ccc([N+](=O)[O-])o1)Oc1ccc(CC(NC(=O)OCC2c3ccccc3-c3ccccc32)C(=O)O)cc1. The van der Waals surface area contributed by atoms with Crippen molar-refractivity contribution in [2.24, 2.45) is 0 Å². The molecule has 3 N–H and O–H groups in total. The van der Waals surface area contributed by atoms with Gasteiger partial charge in [0.15, 0.2) is 0 Å². The van der Waals surface area contributed by atoms with E-state index in [1.54, 1.807) is 12.1 Å². The van der Waals surface area contributed by atoms with Crippen molar-refractivity contribution in [1.29, 1.82) is 0 Å². The molecule has 1 amide bonds. The highest BCUT2D eigenvalue weighted by Gasteiger charge is 2.30. The van der Waals surface area contributed by atoms with Crippen LogP contribution < -0.4 is 14.9 Å². The van der Waals surface area contributed by atoms with Gasteiger partial charge in [0, 0.05) is 12.3 Å². The first-order valence-corrected chi connectivity index (χ1v) is 15.0. The number of carbonyl (C=O) groups is 2. The van der Waals surface area contributed by atoms with Crippen LogP contribution in [-0.4, -0.2) is 41.8 Å². The lowest BCUT2D eigenvalue weighted by atomic mass is 9.98. The Hall–Kier alpha value is -4.97. The third-order valence-electron chi connectivity index (χ3n) is 7.00. The molecule has 0 saturated heterocycles. The van der Waals surface area contributed by atoms with Gasteiger partial charge in [-0.15, -0.1) is 0 Å². The first kappa shape index (κ1) is 30.5. The third-order valence-corrected chi connectivity index (χ3v) is 8.47. The van der Waals surface area contributed by atoms with Crippen LogP contribution in [0.25, 0.3) is 11.1 Å². The number of carboxylic acids is 1. The van der Waals surface area contributed by atoms with Gasteiger partial charge in [-0.3, -0.25) is 14.6 Å². The molecule has 3 aromatic carbocycles. The second kappa shape index (κ2) is 13.1. The molecule has 4 aromatic rings. The van der Waals surface area contributed by atoms with Gasteiger partial charge in [0.1, 0.15) is 35.7 Å². The molecule has 1 aromatic heterocycles. The summed E-state index contributed by atoms with van der Waals surface area (Å²) in [6.45, 7) is -0.311. The number of ether oxygens (including phenoxy) is 1. The van der Waals surface area contributed by atoms with E-state index in [0.29, 0.717) is 5.56 Å². The molecule has 1 aliphatic rings. The normalized spacial score (nSPS) is 14.1. The molecule has 228 valence electrons. The van der Waals surface area contributed by atoms with Gasteiger partial charge in [-0.05, 0) is 53.1 Å². The zero-order valence-corrected chi connectivity index (χ0v) is 24.3. The minimum absolute atomic E-state index is 0.0443. The maximum atomic E-state index is 13.0. The number of hydrogen-bond donors (Lipinski definition) is 3. The van der Waals surface area contributed by atoms with Crippen molar-refractivity contribution in [2.45, 2.75) is 25.0 Å². The summed E-state index contributed by atoms with van der Waals surface area (Å²) in [6.07, 6.45) is -0.912. The van der Waals surface area contributed by atoms with Gasteiger partial charge in [-0.25, -0.2) is 19.2 Å². The third kappa shape index (κ3) is 6.97. The highest BCUT2D eigenvalue weighted by molar-refractivity contribution is 7.52. The molecule has 0 aliphatic heterocycles. The lowest BCUT2D eigenvalue weighted by Gasteiger charge is -2.19. The summed E-state index contributed by atoms with van der Waals surface area (Å²) < 4.78 is 34.2. The van der Waals surface area contributed by atoms with Crippen LogP contribution in [0.3, 0.4) is 0 Å². The first-order valence-electron chi connectivity index (χ1n) is 13.5. The highest BCUT2D eigenvalue weighted by atomic mass is 31.2. The van der Waals surface area contributed by atoms with E-state index < -0.39 is 36.7 Å². The second-order valence-electron chi connectivity index (χ2n) is 9.79. The lowest BCUT2D eigenvalue weighted by Crippen LogP contribution is -2.42. The van der Waals surface area contributed by atoms with E-state index in [9.17, 15) is 29.4 Å². The molecule has 0 radical (unpaired) electrons. The number of nitrogens with one attached hydrogen (secondary N) is 2. The van der Waals surface area contributed by atoms with Crippen LogP contribution in [0, 0.1) is 10.1 Å². The van der Waals surface area contributed by atoms with Crippen LogP contribution in [0.1, 0.15) is 28.4 Å². The highest BCUT2D eigenvalue weighted by Crippen LogP contribution is 2.45. The summed E-state index contributed by atoms with van der Waals surface area (Å²) in [5, 5.41) is 25.4. The van der Waals surface area contributed by atoms with Gasteiger partial charge in [0.2, 0.25) is 0 Å². The molecule has 44 heavy (non-hydrogen) atoms. The molecular weight excluding hydrogens is 593 g/mol. The molecule has 1 aliphatic carbocycles. The molecular formula is C30H28N3O10P. The molecule has 13 nitrogen and oxygen atoms in total. The van der Waals surface area contributed by atoms with Gasteiger partial charge >= 0.3 is 25.7 Å². The Morgan fingerprint density at radius 2 is 1.64 bits per heavy atom. The molecule has 0 spiro atoms. The number of furan rings is 1. The van der Waals surface area contributed by atoms with E-state index in [4.69, 9.17) is 18.2 Å². The Morgan fingerprint density at radius 3 is 2.20 bits per heavy atom. The Balaban J connectivity index is 1.16. The van der Waals surface area contributed by atoms with E-state index >= 15 is 0 Å². The number of carbonyl (C=O) groups excluding carboxylic acids is 1. The number of carboxylic acid groups (broad SMARTS) is 1. The first-order chi connectivity index (χ1) is 21.2. The Bertz CT molecular complexity index is 1680. The summed E-state index contributed by atoms with van der Waals surface area (Å²) in [5.74, 6) is -1.67. The predicted octanol–water partition coefficient (Wildman–Crippen LogP) is 5.65. The maximum absolute atomic E-state index is 13.0. The maximum Gasteiger partial charge on any atom is 0.458 e.